The van der Waals surface area contributed by atoms with Crippen molar-refractivity contribution < 1.29 is 35.9 Å². The average Bonchev–Trinajstić information content (AvgIpc) is 2.68. The minimum Gasteiger partial charge on any atom is -0.474 e. The number of halogens is 3. The number of carbonyl (C=O) groups is 2. The molecule has 1 saturated heterocycles. The molecule has 1 aromatic heterocycles. The Labute approximate surface area is 178 Å². The largest absolute Gasteiger partial charge is 0.474 e. The van der Waals surface area contributed by atoms with Crippen LogP contribution in [-0.4, -0.2) is 54.6 Å². The van der Waals surface area contributed by atoms with E-state index in [-0.39, 0.29) is 55.0 Å². The number of nitrogens with zero attached hydrogens (tertiary/aromatic N) is 2. The minimum atomic E-state index is -4.46. The monoisotopic (exact) mass is 463 g/mol. The van der Waals surface area contributed by atoms with Crippen LogP contribution in [0.5, 0.6) is 5.88 Å². The lowest BCUT2D eigenvalue weighted by Gasteiger charge is -2.29. The zero-order valence-electron chi connectivity index (χ0n) is 16.7. The summed E-state index contributed by atoms with van der Waals surface area (Å²) >= 11 is 0. The number of alkyl halides is 3. The Kier molecular flexibility index (Phi) is 7.20. The van der Waals surface area contributed by atoms with Crippen LogP contribution in [0.3, 0.4) is 0 Å². The van der Waals surface area contributed by atoms with Crippen molar-refractivity contribution in [1.29, 1.82) is 0 Å². The first-order valence-corrected chi connectivity index (χ1v) is 11.7. The molecule has 2 amide bonds. The Morgan fingerprint density at radius 2 is 1.74 bits per heavy atom. The number of likely N-dealkylation sites (tertiary alicyclic amines) is 1. The van der Waals surface area contributed by atoms with E-state index in [4.69, 9.17) is 4.74 Å². The van der Waals surface area contributed by atoms with Gasteiger partial charge in [0.05, 0.1) is 11.3 Å². The van der Waals surface area contributed by atoms with Gasteiger partial charge in [0.2, 0.25) is 27.7 Å². The molecule has 2 heterocycles. The third kappa shape index (κ3) is 6.63. The van der Waals surface area contributed by atoms with Gasteiger partial charge in [-0.2, -0.15) is 13.2 Å². The number of imide groups is 1. The fourth-order valence-electron chi connectivity index (χ4n) is 3.66. The Morgan fingerprint density at radius 1 is 1.10 bits per heavy atom. The van der Waals surface area contributed by atoms with E-state index >= 15 is 0 Å². The number of hydrogen-bond acceptors (Lipinski definition) is 6. The third-order valence-electron chi connectivity index (χ3n) is 5.34. The summed E-state index contributed by atoms with van der Waals surface area (Å²) < 4.78 is 70.7. The number of pyridine rings is 1. The van der Waals surface area contributed by atoms with Crippen LogP contribution in [0.15, 0.2) is 18.3 Å². The number of hydrogen-bond donors (Lipinski definition) is 1. The third-order valence-corrected chi connectivity index (χ3v) is 6.75. The molecular formula is C19H24F3N3O5S. The first-order valence-electron chi connectivity index (χ1n) is 10.1. The highest BCUT2D eigenvalue weighted by molar-refractivity contribution is 7.89. The van der Waals surface area contributed by atoms with Crippen molar-refractivity contribution >= 4 is 21.8 Å². The quantitative estimate of drug-likeness (QED) is 0.622. The van der Waals surface area contributed by atoms with Gasteiger partial charge in [-0.1, -0.05) is 0 Å². The second-order valence-electron chi connectivity index (χ2n) is 7.70. The summed E-state index contributed by atoms with van der Waals surface area (Å²) in [7, 11) is -3.68. The van der Waals surface area contributed by atoms with E-state index in [9.17, 15) is 31.2 Å². The second-order valence-corrected chi connectivity index (χ2v) is 9.58. The van der Waals surface area contributed by atoms with Gasteiger partial charge in [0.25, 0.3) is 0 Å². The highest BCUT2D eigenvalue weighted by Gasteiger charge is 2.32. The molecule has 0 atom stereocenters. The number of piperidine rings is 1. The summed E-state index contributed by atoms with van der Waals surface area (Å²) in [5.41, 5.74) is -0.856. The van der Waals surface area contributed by atoms with Crippen molar-refractivity contribution in [2.45, 2.75) is 63.3 Å². The van der Waals surface area contributed by atoms with Crippen LogP contribution in [0.1, 0.15) is 50.5 Å². The van der Waals surface area contributed by atoms with E-state index in [0.717, 1.165) is 11.0 Å². The summed E-state index contributed by atoms with van der Waals surface area (Å²) in [5, 5.41) is 0. The number of amides is 2. The van der Waals surface area contributed by atoms with Crippen LogP contribution in [0.25, 0.3) is 0 Å². The summed E-state index contributed by atoms with van der Waals surface area (Å²) in [5.74, 6) is -0.953. The van der Waals surface area contributed by atoms with Crippen LogP contribution < -0.4 is 9.46 Å². The van der Waals surface area contributed by atoms with Crippen LogP contribution in [0.4, 0.5) is 13.2 Å². The van der Waals surface area contributed by atoms with E-state index in [0.29, 0.717) is 38.3 Å². The Hall–Kier alpha value is -2.21. The van der Waals surface area contributed by atoms with Crippen molar-refractivity contribution in [2.24, 2.45) is 0 Å². The second kappa shape index (κ2) is 9.51. The van der Waals surface area contributed by atoms with Crippen LogP contribution in [0.2, 0.25) is 0 Å². The molecule has 0 aromatic carbocycles. The number of rotatable bonds is 7. The van der Waals surface area contributed by atoms with E-state index in [1.165, 1.54) is 6.07 Å². The van der Waals surface area contributed by atoms with Crippen LogP contribution in [0, 0.1) is 0 Å². The molecule has 8 nitrogen and oxygen atoms in total. The van der Waals surface area contributed by atoms with Gasteiger partial charge in [0.1, 0.15) is 6.10 Å². The lowest BCUT2D eigenvalue weighted by atomic mass is 9.94. The van der Waals surface area contributed by atoms with Gasteiger partial charge in [-0.3, -0.25) is 14.5 Å². The molecule has 0 bridgehead atoms. The first kappa shape index (κ1) is 23.5. The predicted octanol–water partition coefficient (Wildman–Crippen LogP) is 2.25. The zero-order valence-corrected chi connectivity index (χ0v) is 17.5. The minimum absolute atomic E-state index is 0.0906. The SMILES string of the molecule is O=C1CCCC(=O)N1CCS(=O)(=O)NC1CCC(Oc2ccc(C(F)(F)F)cn2)CC1. The van der Waals surface area contributed by atoms with Gasteiger partial charge in [0.15, 0.2) is 0 Å². The number of nitrogens with one attached hydrogen (secondary N) is 1. The molecule has 172 valence electrons. The zero-order chi connectivity index (χ0) is 22.6. The van der Waals surface area contributed by atoms with E-state index in [2.05, 4.69) is 9.71 Å². The highest BCUT2D eigenvalue weighted by Crippen LogP contribution is 2.30. The molecule has 1 N–H and O–H groups in total. The smallest absolute Gasteiger partial charge is 0.417 e. The summed E-state index contributed by atoms with van der Waals surface area (Å²) in [4.78, 5) is 28.3. The molecule has 0 spiro atoms. The Morgan fingerprint density at radius 3 is 2.29 bits per heavy atom. The molecule has 1 aliphatic carbocycles. The maximum absolute atomic E-state index is 12.6. The molecule has 12 heteroatoms. The van der Waals surface area contributed by atoms with Gasteiger partial charge in [-0.25, -0.2) is 18.1 Å². The number of aromatic nitrogens is 1. The van der Waals surface area contributed by atoms with Gasteiger partial charge in [-0.05, 0) is 38.2 Å². The Balaban J connectivity index is 1.44. The molecule has 1 aromatic rings. The molecule has 1 saturated carbocycles. The van der Waals surface area contributed by atoms with Gasteiger partial charge in [-0.15, -0.1) is 0 Å². The van der Waals surface area contributed by atoms with Gasteiger partial charge < -0.3 is 4.74 Å². The fourth-order valence-corrected chi connectivity index (χ4v) is 4.94. The van der Waals surface area contributed by atoms with E-state index < -0.39 is 21.8 Å². The van der Waals surface area contributed by atoms with Gasteiger partial charge in [0, 0.05) is 37.7 Å². The molecule has 31 heavy (non-hydrogen) atoms. The maximum Gasteiger partial charge on any atom is 0.417 e. The molecular weight excluding hydrogens is 439 g/mol. The van der Waals surface area contributed by atoms with E-state index in [1.54, 1.807) is 0 Å². The van der Waals surface area contributed by atoms with Crippen molar-refractivity contribution in [1.82, 2.24) is 14.6 Å². The number of carbonyl (C=O) groups excluding carboxylic acids is 2. The first-order chi connectivity index (χ1) is 14.5. The topological polar surface area (TPSA) is 106 Å². The Bertz CT molecular complexity index is 881. The molecule has 0 radical (unpaired) electrons. The molecule has 0 unspecified atom stereocenters. The summed E-state index contributed by atoms with van der Waals surface area (Å²) in [6.45, 7) is -0.162. The highest BCUT2D eigenvalue weighted by atomic mass is 32.2. The average molecular weight is 463 g/mol. The lowest BCUT2D eigenvalue weighted by Crippen LogP contribution is -2.46. The van der Waals surface area contributed by atoms with Gasteiger partial charge >= 0.3 is 6.18 Å². The molecule has 2 fully saturated rings. The number of sulfonamides is 1. The normalized spacial score (nSPS) is 23.1. The molecule has 2 aliphatic rings. The lowest BCUT2D eigenvalue weighted by molar-refractivity contribution is -0.147. The van der Waals surface area contributed by atoms with Crippen molar-refractivity contribution in [2.75, 3.05) is 12.3 Å². The van der Waals surface area contributed by atoms with Crippen LogP contribution >= 0.6 is 0 Å². The molecule has 1 aliphatic heterocycles. The number of ether oxygens (including phenoxy) is 1. The predicted molar refractivity (Wildman–Crippen MR) is 103 cm³/mol. The van der Waals surface area contributed by atoms with Crippen molar-refractivity contribution in [3.63, 3.8) is 0 Å². The standard InChI is InChI=1S/C19H24F3N3O5S/c20-19(21,22)13-4-9-16(23-12-13)30-15-7-5-14(6-8-15)24-31(28,29)11-10-25-17(26)2-1-3-18(25)27/h4,9,12,14-15,24H,1-3,5-8,10-11H2. The fraction of sp³-hybridized carbons (Fsp3) is 0.632. The van der Waals surface area contributed by atoms with E-state index in [1.807, 2.05) is 0 Å². The maximum atomic E-state index is 12.6. The van der Waals surface area contributed by atoms with Crippen molar-refractivity contribution in [3.05, 3.63) is 23.9 Å². The van der Waals surface area contributed by atoms with Crippen LogP contribution in [-0.2, 0) is 25.8 Å². The summed E-state index contributed by atoms with van der Waals surface area (Å²) in [6, 6.07) is 1.76. The molecule has 3 rings (SSSR count). The summed E-state index contributed by atoms with van der Waals surface area (Å²) in [6.07, 6.45) is -1.02. The van der Waals surface area contributed by atoms with Crippen molar-refractivity contribution in [3.8, 4) is 5.88 Å².